The summed E-state index contributed by atoms with van der Waals surface area (Å²) >= 11 is 0. The molecule has 0 unspecified atom stereocenters. The predicted octanol–water partition coefficient (Wildman–Crippen LogP) is 5.05. The molecule has 3 aromatic rings. The van der Waals surface area contributed by atoms with E-state index in [0.717, 1.165) is 6.07 Å². The molecule has 29 heavy (non-hydrogen) atoms. The topological polar surface area (TPSA) is 49.0 Å². The normalized spacial score (nSPS) is 15.8. The molecule has 152 valence electrons. The number of alkyl halides is 3. The molecule has 1 aliphatic rings. The van der Waals surface area contributed by atoms with E-state index in [1.807, 2.05) is 0 Å². The molecule has 1 aromatic heterocycles. The van der Waals surface area contributed by atoms with Crippen LogP contribution in [-0.2, 0) is 6.18 Å². The van der Waals surface area contributed by atoms with Gasteiger partial charge in [0.1, 0.15) is 5.82 Å². The summed E-state index contributed by atoms with van der Waals surface area (Å²) in [5, 5.41) is 7.20. The fourth-order valence-electron chi connectivity index (χ4n) is 3.96. The van der Waals surface area contributed by atoms with Gasteiger partial charge >= 0.3 is 6.18 Å². The van der Waals surface area contributed by atoms with Crippen molar-refractivity contribution in [2.24, 2.45) is 0 Å². The average Bonchev–Trinajstić information content (AvgIpc) is 3.10. The first kappa shape index (κ1) is 19.4. The third kappa shape index (κ3) is 3.59. The Morgan fingerprint density at radius 3 is 2.55 bits per heavy atom. The third-order valence-corrected chi connectivity index (χ3v) is 5.53. The van der Waals surface area contributed by atoms with E-state index >= 15 is 0 Å². The lowest BCUT2D eigenvalue weighted by Gasteiger charge is -2.33. The van der Waals surface area contributed by atoms with Crippen LogP contribution in [-0.4, -0.2) is 34.1 Å². The number of H-pyrrole nitrogens is 1. The number of carbonyl (C=O) groups is 1. The molecule has 1 N–H and O–H groups in total. The molecule has 1 fully saturated rings. The van der Waals surface area contributed by atoms with Crippen LogP contribution < -0.4 is 0 Å². The number of fused-ring (bicyclic) bond motifs is 1. The number of piperidine rings is 1. The van der Waals surface area contributed by atoms with Crippen LogP contribution in [0.5, 0.6) is 0 Å². The van der Waals surface area contributed by atoms with Crippen molar-refractivity contribution in [1.82, 2.24) is 15.1 Å². The predicted molar refractivity (Wildman–Crippen MR) is 100 cm³/mol. The summed E-state index contributed by atoms with van der Waals surface area (Å²) in [6, 6.07) is 8.47. The van der Waals surface area contributed by atoms with Gasteiger partial charge in [0.2, 0.25) is 0 Å². The van der Waals surface area contributed by atoms with Crippen molar-refractivity contribution >= 4 is 16.8 Å². The molecule has 0 radical (unpaired) electrons. The molecule has 1 saturated heterocycles. The maximum atomic E-state index is 13.9. The monoisotopic (exact) mass is 405 g/mol. The standard InChI is InChI=1S/C21H19F4N3O/c1-12-10-18-15(11-17(12)22)19(27-26-18)20(29)28-8-6-13(7-9-28)14-4-2-3-5-16(14)21(23,24)25/h2-5,10-11,13H,6-9H2,1H3,(H,26,27). The number of hydrogen-bond donors (Lipinski definition) is 1. The van der Waals surface area contributed by atoms with Gasteiger partial charge in [0, 0.05) is 18.5 Å². The first-order chi connectivity index (χ1) is 13.8. The van der Waals surface area contributed by atoms with Crippen molar-refractivity contribution in [3.05, 3.63) is 64.6 Å². The van der Waals surface area contributed by atoms with Gasteiger partial charge in [0.25, 0.3) is 5.91 Å². The average molecular weight is 405 g/mol. The van der Waals surface area contributed by atoms with Gasteiger partial charge in [-0.3, -0.25) is 9.89 Å². The van der Waals surface area contributed by atoms with Crippen LogP contribution >= 0.6 is 0 Å². The highest BCUT2D eigenvalue weighted by atomic mass is 19.4. The summed E-state index contributed by atoms with van der Waals surface area (Å²) in [6.45, 7) is 2.26. The summed E-state index contributed by atoms with van der Waals surface area (Å²) in [4.78, 5) is 14.5. The Kier molecular flexibility index (Phi) is 4.80. The van der Waals surface area contributed by atoms with Crippen molar-refractivity contribution in [3.8, 4) is 0 Å². The summed E-state index contributed by atoms with van der Waals surface area (Å²) in [7, 11) is 0. The van der Waals surface area contributed by atoms with Gasteiger partial charge in [-0.05, 0) is 55.0 Å². The second kappa shape index (κ2) is 7.17. The number of halogens is 4. The molecule has 0 atom stereocenters. The van der Waals surface area contributed by atoms with Gasteiger partial charge in [-0.15, -0.1) is 0 Å². The third-order valence-electron chi connectivity index (χ3n) is 5.53. The van der Waals surface area contributed by atoms with Crippen molar-refractivity contribution in [1.29, 1.82) is 0 Å². The number of amides is 1. The minimum atomic E-state index is -4.40. The van der Waals surface area contributed by atoms with Crippen molar-refractivity contribution in [2.75, 3.05) is 13.1 Å². The van der Waals surface area contributed by atoms with E-state index in [9.17, 15) is 22.4 Å². The molecule has 0 aliphatic carbocycles. The number of aryl methyl sites for hydroxylation is 1. The Morgan fingerprint density at radius 1 is 1.17 bits per heavy atom. The number of aromatic nitrogens is 2. The summed E-state index contributed by atoms with van der Waals surface area (Å²) in [5.74, 6) is -1.04. The molecule has 2 heterocycles. The first-order valence-electron chi connectivity index (χ1n) is 9.35. The van der Waals surface area contributed by atoms with E-state index in [1.165, 1.54) is 18.2 Å². The van der Waals surface area contributed by atoms with Crippen LogP contribution in [0.15, 0.2) is 36.4 Å². The minimum Gasteiger partial charge on any atom is -0.337 e. The van der Waals surface area contributed by atoms with E-state index in [2.05, 4.69) is 10.2 Å². The number of hydrogen-bond acceptors (Lipinski definition) is 2. The SMILES string of the molecule is Cc1cc2[nH]nc(C(=O)N3CCC(c4ccccc4C(F)(F)F)CC3)c2cc1F. The largest absolute Gasteiger partial charge is 0.416 e. The van der Waals surface area contributed by atoms with Crippen molar-refractivity contribution < 1.29 is 22.4 Å². The summed E-state index contributed by atoms with van der Waals surface area (Å²) in [6.07, 6.45) is -3.55. The Hall–Kier alpha value is -2.90. The highest BCUT2D eigenvalue weighted by Crippen LogP contribution is 2.38. The minimum absolute atomic E-state index is 0.132. The number of nitrogens with one attached hydrogen (secondary N) is 1. The first-order valence-corrected chi connectivity index (χ1v) is 9.35. The molecule has 2 aromatic carbocycles. The van der Waals surface area contributed by atoms with Gasteiger partial charge in [0.15, 0.2) is 5.69 Å². The lowest BCUT2D eigenvalue weighted by Crippen LogP contribution is -2.38. The number of benzene rings is 2. The lowest BCUT2D eigenvalue weighted by atomic mass is 9.86. The van der Waals surface area contributed by atoms with Crippen LogP contribution in [0.1, 0.15) is 45.9 Å². The van der Waals surface area contributed by atoms with E-state index in [0.29, 0.717) is 42.4 Å². The molecular weight excluding hydrogens is 386 g/mol. The van der Waals surface area contributed by atoms with Crippen LogP contribution in [0, 0.1) is 12.7 Å². The van der Waals surface area contributed by atoms with Crippen molar-refractivity contribution in [2.45, 2.75) is 31.9 Å². The zero-order chi connectivity index (χ0) is 20.8. The molecule has 1 aliphatic heterocycles. The quantitative estimate of drug-likeness (QED) is 0.607. The van der Waals surface area contributed by atoms with E-state index in [1.54, 1.807) is 24.0 Å². The number of likely N-dealkylation sites (tertiary alicyclic amines) is 1. The van der Waals surface area contributed by atoms with Crippen molar-refractivity contribution in [3.63, 3.8) is 0 Å². The Morgan fingerprint density at radius 2 is 1.86 bits per heavy atom. The Bertz CT molecular complexity index is 1070. The van der Waals surface area contributed by atoms with Crippen LogP contribution in [0.3, 0.4) is 0 Å². The van der Waals surface area contributed by atoms with Gasteiger partial charge in [-0.1, -0.05) is 18.2 Å². The molecule has 4 rings (SSSR count). The van der Waals surface area contributed by atoms with Crippen LogP contribution in [0.2, 0.25) is 0 Å². The molecule has 8 heteroatoms. The Labute approximate surface area is 164 Å². The zero-order valence-corrected chi connectivity index (χ0v) is 15.7. The summed E-state index contributed by atoms with van der Waals surface area (Å²) in [5.41, 5.74) is 0.808. The van der Waals surface area contributed by atoms with E-state index < -0.39 is 17.6 Å². The van der Waals surface area contributed by atoms with Crippen LogP contribution in [0.25, 0.3) is 10.9 Å². The molecule has 0 bridgehead atoms. The highest BCUT2D eigenvalue weighted by Gasteiger charge is 2.36. The zero-order valence-electron chi connectivity index (χ0n) is 15.7. The number of rotatable bonds is 2. The van der Waals surface area contributed by atoms with E-state index in [-0.39, 0.29) is 23.1 Å². The fraction of sp³-hybridized carbons (Fsp3) is 0.333. The smallest absolute Gasteiger partial charge is 0.337 e. The fourth-order valence-corrected chi connectivity index (χ4v) is 3.96. The number of carbonyl (C=O) groups excluding carboxylic acids is 1. The van der Waals surface area contributed by atoms with Gasteiger partial charge in [-0.25, -0.2) is 4.39 Å². The second-order valence-corrected chi connectivity index (χ2v) is 7.37. The molecule has 4 nitrogen and oxygen atoms in total. The van der Waals surface area contributed by atoms with Crippen LogP contribution in [0.4, 0.5) is 17.6 Å². The number of aromatic amines is 1. The summed E-state index contributed by atoms with van der Waals surface area (Å²) < 4.78 is 53.8. The van der Waals surface area contributed by atoms with Gasteiger partial charge < -0.3 is 4.90 Å². The lowest BCUT2D eigenvalue weighted by molar-refractivity contribution is -0.138. The molecule has 0 saturated carbocycles. The van der Waals surface area contributed by atoms with Gasteiger partial charge in [0.05, 0.1) is 11.1 Å². The molecule has 0 spiro atoms. The maximum absolute atomic E-state index is 13.9. The highest BCUT2D eigenvalue weighted by molar-refractivity contribution is 6.04. The Balaban J connectivity index is 1.52. The van der Waals surface area contributed by atoms with E-state index in [4.69, 9.17) is 0 Å². The molecular formula is C21H19F4N3O. The second-order valence-electron chi connectivity index (χ2n) is 7.37. The molecule has 1 amide bonds. The maximum Gasteiger partial charge on any atom is 0.416 e. The number of nitrogens with zero attached hydrogens (tertiary/aromatic N) is 2. The van der Waals surface area contributed by atoms with Gasteiger partial charge in [-0.2, -0.15) is 18.3 Å².